The molecule has 2 aromatic carbocycles. The summed E-state index contributed by atoms with van der Waals surface area (Å²) in [5.74, 6) is 0.0785. The SMILES string of the molecule is C=CCOc1ccccc1/C=N\NC(=O)Cc1csc(-c2ccc(F)cc2)n1. The molecule has 0 spiro atoms. The molecule has 3 aromatic rings. The number of aromatic nitrogens is 1. The maximum absolute atomic E-state index is 13.0. The van der Waals surface area contributed by atoms with Gasteiger partial charge in [-0.2, -0.15) is 5.10 Å². The van der Waals surface area contributed by atoms with Crippen molar-refractivity contribution in [3.05, 3.63) is 83.6 Å². The molecule has 7 heteroatoms. The van der Waals surface area contributed by atoms with Crippen LogP contribution in [-0.2, 0) is 11.2 Å². The van der Waals surface area contributed by atoms with Crippen molar-refractivity contribution in [2.45, 2.75) is 6.42 Å². The zero-order valence-corrected chi connectivity index (χ0v) is 15.8. The summed E-state index contributed by atoms with van der Waals surface area (Å²) in [5, 5.41) is 6.53. The Morgan fingerprint density at radius 3 is 2.82 bits per heavy atom. The monoisotopic (exact) mass is 395 g/mol. The number of carbonyl (C=O) groups excluding carboxylic acids is 1. The number of nitrogens with one attached hydrogen (secondary N) is 1. The van der Waals surface area contributed by atoms with Gasteiger partial charge in [-0.25, -0.2) is 14.8 Å². The van der Waals surface area contributed by atoms with Gasteiger partial charge in [-0.05, 0) is 36.4 Å². The lowest BCUT2D eigenvalue weighted by Gasteiger charge is -2.06. The van der Waals surface area contributed by atoms with Gasteiger partial charge >= 0.3 is 0 Å². The zero-order valence-electron chi connectivity index (χ0n) is 15.0. The van der Waals surface area contributed by atoms with Gasteiger partial charge < -0.3 is 4.74 Å². The van der Waals surface area contributed by atoms with Crippen LogP contribution in [0.15, 0.2) is 71.7 Å². The van der Waals surface area contributed by atoms with Crippen molar-refractivity contribution in [3.8, 4) is 16.3 Å². The summed E-state index contributed by atoms with van der Waals surface area (Å²) < 4.78 is 18.5. The average Bonchev–Trinajstić information content (AvgIpc) is 3.16. The minimum absolute atomic E-state index is 0.101. The summed E-state index contributed by atoms with van der Waals surface area (Å²) in [6.45, 7) is 4.00. The molecule has 0 saturated heterocycles. The molecule has 5 nitrogen and oxygen atoms in total. The molecule has 1 amide bonds. The number of hydrogen-bond donors (Lipinski definition) is 1. The highest BCUT2D eigenvalue weighted by molar-refractivity contribution is 7.13. The summed E-state index contributed by atoms with van der Waals surface area (Å²) in [6.07, 6.45) is 3.29. The fourth-order valence-electron chi connectivity index (χ4n) is 2.36. The van der Waals surface area contributed by atoms with Gasteiger partial charge in [0.1, 0.15) is 23.2 Å². The number of para-hydroxylation sites is 1. The molecule has 0 aliphatic heterocycles. The van der Waals surface area contributed by atoms with Crippen LogP contribution in [0.3, 0.4) is 0 Å². The highest BCUT2D eigenvalue weighted by atomic mass is 32.1. The first kappa shape index (κ1) is 19.4. The molecule has 0 radical (unpaired) electrons. The van der Waals surface area contributed by atoms with Crippen LogP contribution in [0.1, 0.15) is 11.3 Å². The Hall–Kier alpha value is -3.32. The predicted octanol–water partition coefficient (Wildman–Crippen LogP) is 4.21. The highest BCUT2D eigenvalue weighted by Gasteiger charge is 2.09. The molecule has 0 aliphatic rings. The molecule has 0 aliphatic carbocycles. The number of ether oxygens (including phenoxy) is 1. The lowest BCUT2D eigenvalue weighted by molar-refractivity contribution is -0.120. The smallest absolute Gasteiger partial charge is 0.246 e. The van der Waals surface area contributed by atoms with Crippen LogP contribution in [0, 0.1) is 5.82 Å². The van der Waals surface area contributed by atoms with E-state index < -0.39 is 0 Å². The molecule has 3 rings (SSSR count). The van der Waals surface area contributed by atoms with Crippen LogP contribution in [0.2, 0.25) is 0 Å². The number of benzene rings is 2. The quantitative estimate of drug-likeness (QED) is 0.353. The Morgan fingerprint density at radius 2 is 2.04 bits per heavy atom. The Kier molecular flexibility index (Phi) is 6.64. The maximum Gasteiger partial charge on any atom is 0.246 e. The maximum atomic E-state index is 13.0. The molecule has 0 bridgehead atoms. The Labute approximate surface area is 166 Å². The third kappa shape index (κ3) is 5.34. The number of hydrazone groups is 1. The van der Waals surface area contributed by atoms with E-state index >= 15 is 0 Å². The van der Waals surface area contributed by atoms with Crippen molar-refractivity contribution in [1.82, 2.24) is 10.4 Å². The number of hydrogen-bond acceptors (Lipinski definition) is 5. The Bertz CT molecular complexity index is 983. The molecular formula is C21H18FN3O2S. The largest absolute Gasteiger partial charge is 0.489 e. The minimum atomic E-state index is -0.297. The second-order valence-corrected chi connectivity index (χ2v) is 6.62. The summed E-state index contributed by atoms with van der Waals surface area (Å²) in [5.41, 5.74) is 4.68. The van der Waals surface area contributed by atoms with E-state index in [1.807, 2.05) is 24.3 Å². The van der Waals surface area contributed by atoms with Crippen molar-refractivity contribution in [3.63, 3.8) is 0 Å². The van der Waals surface area contributed by atoms with E-state index in [-0.39, 0.29) is 18.1 Å². The second-order valence-electron chi connectivity index (χ2n) is 5.76. The first-order chi connectivity index (χ1) is 13.7. The van der Waals surface area contributed by atoms with E-state index in [0.717, 1.165) is 16.1 Å². The predicted molar refractivity (Wildman–Crippen MR) is 109 cm³/mol. The van der Waals surface area contributed by atoms with Crippen LogP contribution in [-0.4, -0.2) is 23.7 Å². The highest BCUT2D eigenvalue weighted by Crippen LogP contribution is 2.24. The molecular weight excluding hydrogens is 377 g/mol. The van der Waals surface area contributed by atoms with E-state index in [1.54, 1.807) is 23.6 Å². The van der Waals surface area contributed by atoms with Crippen molar-refractivity contribution in [1.29, 1.82) is 0 Å². The fraction of sp³-hybridized carbons (Fsp3) is 0.0952. The Balaban J connectivity index is 1.57. The Morgan fingerprint density at radius 1 is 1.25 bits per heavy atom. The van der Waals surface area contributed by atoms with Gasteiger partial charge in [-0.15, -0.1) is 11.3 Å². The number of amides is 1. The average molecular weight is 395 g/mol. The van der Waals surface area contributed by atoms with E-state index in [9.17, 15) is 9.18 Å². The minimum Gasteiger partial charge on any atom is -0.489 e. The topological polar surface area (TPSA) is 63.6 Å². The van der Waals surface area contributed by atoms with E-state index in [2.05, 4.69) is 22.1 Å². The van der Waals surface area contributed by atoms with Gasteiger partial charge in [0.25, 0.3) is 0 Å². The first-order valence-corrected chi connectivity index (χ1v) is 9.38. The molecule has 28 heavy (non-hydrogen) atoms. The number of nitrogens with zero attached hydrogens (tertiary/aromatic N) is 2. The number of thiazole rings is 1. The first-order valence-electron chi connectivity index (χ1n) is 8.50. The molecule has 0 fully saturated rings. The summed E-state index contributed by atoms with van der Waals surface area (Å²) in [7, 11) is 0. The number of halogens is 1. The molecule has 0 atom stereocenters. The summed E-state index contributed by atoms with van der Waals surface area (Å²) in [6, 6.07) is 13.5. The van der Waals surface area contributed by atoms with Gasteiger partial charge in [-0.1, -0.05) is 24.8 Å². The van der Waals surface area contributed by atoms with Crippen LogP contribution in [0.25, 0.3) is 10.6 Å². The molecule has 1 aromatic heterocycles. The second kappa shape index (κ2) is 9.57. The van der Waals surface area contributed by atoms with Crippen LogP contribution >= 0.6 is 11.3 Å². The molecule has 1 N–H and O–H groups in total. The third-order valence-corrected chi connectivity index (χ3v) is 4.59. The molecule has 1 heterocycles. The molecule has 0 unspecified atom stereocenters. The van der Waals surface area contributed by atoms with Gasteiger partial charge in [0.2, 0.25) is 5.91 Å². The molecule has 0 saturated carbocycles. The van der Waals surface area contributed by atoms with Gasteiger partial charge in [0, 0.05) is 16.5 Å². The number of rotatable bonds is 8. The zero-order chi connectivity index (χ0) is 19.8. The van der Waals surface area contributed by atoms with Gasteiger partial charge in [0.05, 0.1) is 18.3 Å². The van der Waals surface area contributed by atoms with E-state index in [1.165, 1.54) is 29.7 Å². The van der Waals surface area contributed by atoms with Crippen LogP contribution in [0.4, 0.5) is 4.39 Å². The number of carbonyl (C=O) groups is 1. The van der Waals surface area contributed by atoms with Crippen LogP contribution in [0.5, 0.6) is 5.75 Å². The van der Waals surface area contributed by atoms with Gasteiger partial charge in [-0.3, -0.25) is 4.79 Å². The van der Waals surface area contributed by atoms with Crippen molar-refractivity contribution >= 4 is 23.5 Å². The van der Waals surface area contributed by atoms with Gasteiger partial charge in [0.15, 0.2) is 0 Å². The summed E-state index contributed by atoms with van der Waals surface area (Å²) in [4.78, 5) is 16.5. The van der Waals surface area contributed by atoms with Crippen molar-refractivity contribution in [2.75, 3.05) is 6.61 Å². The van der Waals surface area contributed by atoms with Crippen molar-refractivity contribution in [2.24, 2.45) is 5.10 Å². The normalized spacial score (nSPS) is 10.8. The van der Waals surface area contributed by atoms with E-state index in [4.69, 9.17) is 4.74 Å². The lowest BCUT2D eigenvalue weighted by atomic mass is 10.2. The fourth-order valence-corrected chi connectivity index (χ4v) is 3.18. The standard InChI is InChI=1S/C21H18FN3O2S/c1-2-11-27-19-6-4-3-5-16(19)13-23-25-20(26)12-18-14-28-21(24-18)15-7-9-17(22)10-8-15/h2-10,13-14H,1,11-12H2,(H,25,26)/b23-13-. The third-order valence-electron chi connectivity index (χ3n) is 3.65. The van der Waals surface area contributed by atoms with Crippen LogP contribution < -0.4 is 10.2 Å². The summed E-state index contributed by atoms with van der Waals surface area (Å²) >= 11 is 1.40. The van der Waals surface area contributed by atoms with Crippen molar-refractivity contribution < 1.29 is 13.9 Å². The van der Waals surface area contributed by atoms with E-state index in [0.29, 0.717) is 18.1 Å². The lowest BCUT2D eigenvalue weighted by Crippen LogP contribution is -2.20. The molecule has 142 valence electrons.